The minimum Gasteiger partial charge on any atom is -0.479 e. The first-order valence-corrected chi connectivity index (χ1v) is 8.51. The predicted octanol–water partition coefficient (Wildman–Crippen LogP) is 2.42. The number of carbonyl (C=O) groups is 3. The Kier molecular flexibility index (Phi) is 7.06. The molecule has 0 bridgehead atoms. The van der Waals surface area contributed by atoms with Crippen LogP contribution in [-0.2, 0) is 14.3 Å². The third-order valence-corrected chi connectivity index (χ3v) is 4.00. The van der Waals surface area contributed by atoms with Gasteiger partial charge in [-0.2, -0.15) is 0 Å². The van der Waals surface area contributed by atoms with Gasteiger partial charge in [0.05, 0.1) is 0 Å². The molecule has 25 heavy (non-hydrogen) atoms. The van der Waals surface area contributed by atoms with E-state index < -0.39 is 30.6 Å². The maximum absolute atomic E-state index is 11.8. The summed E-state index contributed by atoms with van der Waals surface area (Å²) in [4.78, 5) is 35.1. The van der Waals surface area contributed by atoms with E-state index in [1.54, 1.807) is 24.3 Å². The molecule has 2 N–H and O–H groups in total. The number of ether oxygens (including phenoxy) is 2. The zero-order chi connectivity index (χ0) is 18.2. The predicted molar refractivity (Wildman–Crippen MR) is 91.4 cm³/mol. The summed E-state index contributed by atoms with van der Waals surface area (Å²) in [5.41, 5.74) is 0. The third-order valence-electron chi connectivity index (χ3n) is 3.75. The van der Waals surface area contributed by atoms with Crippen LogP contribution in [-0.4, -0.2) is 36.7 Å². The van der Waals surface area contributed by atoms with E-state index in [-0.39, 0.29) is 6.04 Å². The van der Waals surface area contributed by atoms with Crippen LogP contribution < -0.4 is 15.4 Å². The fourth-order valence-corrected chi connectivity index (χ4v) is 2.60. The molecule has 1 aliphatic carbocycles. The number of urea groups is 1. The van der Waals surface area contributed by atoms with E-state index in [4.69, 9.17) is 21.1 Å². The van der Waals surface area contributed by atoms with E-state index in [0.717, 1.165) is 25.7 Å². The van der Waals surface area contributed by atoms with Gasteiger partial charge in [0, 0.05) is 11.1 Å². The van der Waals surface area contributed by atoms with Crippen LogP contribution in [0.5, 0.6) is 5.75 Å². The van der Waals surface area contributed by atoms with Crippen molar-refractivity contribution in [1.29, 1.82) is 0 Å². The molecule has 2 rings (SSSR count). The number of nitrogens with one attached hydrogen (secondary N) is 2. The summed E-state index contributed by atoms with van der Waals surface area (Å²) >= 11 is 5.77. The minimum atomic E-state index is -0.902. The fourth-order valence-electron chi connectivity index (χ4n) is 2.47. The summed E-state index contributed by atoms with van der Waals surface area (Å²) in [5.74, 6) is -0.946. The van der Waals surface area contributed by atoms with Crippen LogP contribution in [0, 0.1) is 0 Å². The fraction of sp³-hybridized carbons (Fsp3) is 0.471. The molecular formula is C17H21ClN2O5. The molecule has 8 heteroatoms. The monoisotopic (exact) mass is 368 g/mol. The molecule has 1 aromatic carbocycles. The molecule has 7 nitrogen and oxygen atoms in total. The Balaban J connectivity index is 1.68. The van der Waals surface area contributed by atoms with Crippen molar-refractivity contribution in [2.75, 3.05) is 6.61 Å². The second kappa shape index (κ2) is 9.27. The van der Waals surface area contributed by atoms with Crippen LogP contribution in [0.15, 0.2) is 24.3 Å². The summed E-state index contributed by atoms with van der Waals surface area (Å²) < 4.78 is 10.2. The van der Waals surface area contributed by atoms with Crippen LogP contribution in [0.1, 0.15) is 32.6 Å². The van der Waals surface area contributed by atoms with E-state index in [2.05, 4.69) is 10.6 Å². The average molecular weight is 369 g/mol. The number of halogens is 1. The maximum Gasteiger partial charge on any atom is 0.347 e. The Morgan fingerprint density at radius 2 is 1.84 bits per heavy atom. The molecule has 3 amide bonds. The van der Waals surface area contributed by atoms with E-state index in [1.807, 2.05) is 0 Å². The van der Waals surface area contributed by atoms with Gasteiger partial charge < -0.3 is 14.8 Å². The molecular weight excluding hydrogens is 348 g/mol. The molecule has 0 saturated heterocycles. The highest BCUT2D eigenvalue weighted by Gasteiger charge is 2.20. The van der Waals surface area contributed by atoms with Crippen LogP contribution in [0.3, 0.4) is 0 Å². The standard InChI is InChI=1S/C17H21ClN2O5/c1-11(25-14-8-6-12(18)7-9-14)16(22)24-10-15(21)20-17(23)19-13-4-2-3-5-13/h6-9,11,13H,2-5,10H2,1H3,(H2,19,20,21,23)/t11-/m0/s1. The zero-order valence-corrected chi connectivity index (χ0v) is 14.7. The van der Waals surface area contributed by atoms with Crippen molar-refractivity contribution >= 4 is 29.5 Å². The zero-order valence-electron chi connectivity index (χ0n) is 13.9. The molecule has 0 spiro atoms. The summed E-state index contributed by atoms with van der Waals surface area (Å²) in [6.07, 6.45) is 3.07. The van der Waals surface area contributed by atoms with Gasteiger partial charge in [-0.3, -0.25) is 10.1 Å². The number of rotatable bonds is 6. The van der Waals surface area contributed by atoms with E-state index >= 15 is 0 Å². The second-order valence-corrected chi connectivity index (χ2v) is 6.26. The van der Waals surface area contributed by atoms with E-state index in [1.165, 1.54) is 6.92 Å². The van der Waals surface area contributed by atoms with Gasteiger partial charge in [0.25, 0.3) is 5.91 Å². The van der Waals surface area contributed by atoms with Gasteiger partial charge in [0.15, 0.2) is 12.7 Å². The van der Waals surface area contributed by atoms with Gasteiger partial charge in [-0.05, 0) is 44.0 Å². The third kappa shape index (κ3) is 6.62. The SMILES string of the molecule is C[C@H](Oc1ccc(Cl)cc1)C(=O)OCC(=O)NC(=O)NC1CCCC1. The number of imide groups is 1. The van der Waals surface area contributed by atoms with Gasteiger partial charge in [0.1, 0.15) is 5.75 Å². The number of carbonyl (C=O) groups excluding carboxylic acids is 3. The Morgan fingerprint density at radius 3 is 2.48 bits per heavy atom. The number of amides is 3. The minimum absolute atomic E-state index is 0.100. The van der Waals surface area contributed by atoms with Crippen molar-refractivity contribution in [3.05, 3.63) is 29.3 Å². The van der Waals surface area contributed by atoms with Crippen molar-refractivity contribution in [3.8, 4) is 5.75 Å². The highest BCUT2D eigenvalue weighted by Crippen LogP contribution is 2.18. The Morgan fingerprint density at radius 1 is 1.20 bits per heavy atom. The Bertz CT molecular complexity index is 614. The first-order valence-electron chi connectivity index (χ1n) is 8.13. The molecule has 0 radical (unpaired) electrons. The summed E-state index contributed by atoms with van der Waals surface area (Å²) in [7, 11) is 0. The van der Waals surface area contributed by atoms with Crippen LogP contribution in [0.2, 0.25) is 5.02 Å². The normalized spacial score (nSPS) is 15.3. The largest absolute Gasteiger partial charge is 0.479 e. The molecule has 1 fully saturated rings. The summed E-state index contributed by atoms with van der Waals surface area (Å²) in [6, 6.07) is 6.02. The molecule has 0 unspecified atom stereocenters. The maximum atomic E-state index is 11.8. The van der Waals surface area contributed by atoms with Gasteiger partial charge in [-0.15, -0.1) is 0 Å². The lowest BCUT2D eigenvalue weighted by Gasteiger charge is -2.14. The van der Waals surface area contributed by atoms with Crippen molar-refractivity contribution in [1.82, 2.24) is 10.6 Å². The first kappa shape index (κ1) is 19.1. The number of esters is 1. The lowest BCUT2D eigenvalue weighted by atomic mass is 10.2. The molecule has 0 heterocycles. The van der Waals surface area contributed by atoms with Crippen molar-refractivity contribution in [3.63, 3.8) is 0 Å². The number of benzene rings is 1. The highest BCUT2D eigenvalue weighted by atomic mass is 35.5. The van der Waals surface area contributed by atoms with Gasteiger partial charge in [0.2, 0.25) is 0 Å². The summed E-state index contributed by atoms with van der Waals surface area (Å²) in [6.45, 7) is 0.951. The average Bonchev–Trinajstić information content (AvgIpc) is 3.07. The number of hydrogen-bond acceptors (Lipinski definition) is 5. The molecule has 136 valence electrons. The Labute approximate surface area is 151 Å². The molecule has 1 atom stereocenters. The van der Waals surface area contributed by atoms with Crippen molar-refractivity contribution in [2.24, 2.45) is 0 Å². The first-order chi connectivity index (χ1) is 11.9. The van der Waals surface area contributed by atoms with Crippen LogP contribution in [0.4, 0.5) is 4.79 Å². The van der Waals surface area contributed by atoms with Gasteiger partial charge in [-0.25, -0.2) is 9.59 Å². The van der Waals surface area contributed by atoms with Crippen LogP contribution in [0.25, 0.3) is 0 Å². The van der Waals surface area contributed by atoms with E-state index in [0.29, 0.717) is 10.8 Å². The lowest BCUT2D eigenvalue weighted by Crippen LogP contribution is -2.45. The molecule has 1 aromatic rings. The topological polar surface area (TPSA) is 93.7 Å². The lowest BCUT2D eigenvalue weighted by molar-refractivity contribution is -0.154. The molecule has 1 saturated carbocycles. The highest BCUT2D eigenvalue weighted by molar-refractivity contribution is 6.30. The molecule has 0 aliphatic heterocycles. The quantitative estimate of drug-likeness (QED) is 0.752. The molecule has 0 aromatic heterocycles. The summed E-state index contributed by atoms with van der Waals surface area (Å²) in [5, 5.41) is 5.40. The number of hydrogen-bond donors (Lipinski definition) is 2. The Hall–Kier alpha value is -2.28. The smallest absolute Gasteiger partial charge is 0.347 e. The second-order valence-electron chi connectivity index (χ2n) is 5.82. The van der Waals surface area contributed by atoms with Crippen LogP contribution >= 0.6 is 11.6 Å². The molecule has 1 aliphatic rings. The van der Waals surface area contributed by atoms with Crippen molar-refractivity contribution < 1.29 is 23.9 Å². The van der Waals surface area contributed by atoms with Crippen molar-refractivity contribution in [2.45, 2.75) is 44.8 Å². The van der Waals surface area contributed by atoms with Gasteiger partial charge in [-0.1, -0.05) is 24.4 Å². The van der Waals surface area contributed by atoms with Gasteiger partial charge >= 0.3 is 12.0 Å². The van der Waals surface area contributed by atoms with E-state index in [9.17, 15) is 14.4 Å².